The molecule has 2 rings (SSSR count). The smallest absolute Gasteiger partial charge is 0.357 e. The van der Waals surface area contributed by atoms with Crippen molar-refractivity contribution in [3.8, 4) is 0 Å². The van der Waals surface area contributed by atoms with Crippen molar-refractivity contribution in [1.82, 2.24) is 9.38 Å². The molecule has 0 aromatic carbocycles. The molecular weight excluding hydrogens is 196 g/mol. The Balaban J connectivity index is 2.62. The van der Waals surface area contributed by atoms with Crippen LogP contribution in [0.15, 0.2) is 29.2 Å². The summed E-state index contributed by atoms with van der Waals surface area (Å²) < 4.78 is 6.19. The molecular formula is C10H10N2O3. The normalized spacial score (nSPS) is 10.5. The Kier molecular flexibility index (Phi) is 2.29. The molecule has 0 atom stereocenters. The number of carbonyl (C=O) groups is 1. The molecule has 5 heteroatoms. The van der Waals surface area contributed by atoms with Gasteiger partial charge >= 0.3 is 11.7 Å². The third-order valence-corrected chi connectivity index (χ3v) is 2.05. The Labute approximate surface area is 85.3 Å². The highest BCUT2D eigenvalue weighted by atomic mass is 16.5. The van der Waals surface area contributed by atoms with Crippen LogP contribution in [-0.4, -0.2) is 22.0 Å². The van der Waals surface area contributed by atoms with E-state index in [2.05, 4.69) is 4.98 Å². The molecule has 0 fully saturated rings. The quantitative estimate of drug-likeness (QED) is 0.739. The van der Waals surface area contributed by atoms with Gasteiger partial charge in [-0.25, -0.2) is 9.59 Å². The van der Waals surface area contributed by atoms with Crippen molar-refractivity contribution < 1.29 is 9.53 Å². The number of aromatic amines is 1. The number of nitrogens with one attached hydrogen (secondary N) is 1. The first kappa shape index (κ1) is 9.51. The minimum absolute atomic E-state index is 0.197. The van der Waals surface area contributed by atoms with Gasteiger partial charge in [-0.3, -0.25) is 9.38 Å². The van der Waals surface area contributed by atoms with Crippen LogP contribution in [-0.2, 0) is 4.74 Å². The highest BCUT2D eigenvalue weighted by molar-refractivity contribution is 5.94. The number of esters is 1. The highest BCUT2D eigenvalue weighted by Crippen LogP contribution is 2.07. The van der Waals surface area contributed by atoms with E-state index in [4.69, 9.17) is 4.74 Å². The number of aromatic nitrogens is 2. The summed E-state index contributed by atoms with van der Waals surface area (Å²) >= 11 is 0. The van der Waals surface area contributed by atoms with Gasteiger partial charge in [0, 0.05) is 6.20 Å². The van der Waals surface area contributed by atoms with Crippen LogP contribution in [0.1, 0.15) is 17.4 Å². The molecule has 0 unspecified atom stereocenters. The number of hydrogen-bond donors (Lipinski definition) is 1. The number of carbonyl (C=O) groups excluding carboxylic acids is 1. The molecule has 0 aliphatic rings. The van der Waals surface area contributed by atoms with Crippen molar-refractivity contribution in [2.24, 2.45) is 0 Å². The summed E-state index contributed by atoms with van der Waals surface area (Å²) in [6.07, 6.45) is 1.59. The van der Waals surface area contributed by atoms with E-state index in [1.165, 1.54) is 4.40 Å². The lowest BCUT2D eigenvalue weighted by Crippen LogP contribution is -2.09. The van der Waals surface area contributed by atoms with Crippen LogP contribution in [0.5, 0.6) is 0 Å². The molecule has 0 saturated carbocycles. The Morgan fingerprint density at radius 3 is 3.07 bits per heavy atom. The highest BCUT2D eigenvalue weighted by Gasteiger charge is 2.14. The second kappa shape index (κ2) is 3.61. The molecule has 2 aromatic heterocycles. The number of pyridine rings is 1. The van der Waals surface area contributed by atoms with Crippen molar-refractivity contribution >= 4 is 11.5 Å². The van der Waals surface area contributed by atoms with Crippen LogP contribution in [0.25, 0.3) is 5.52 Å². The Morgan fingerprint density at radius 2 is 2.33 bits per heavy atom. The van der Waals surface area contributed by atoms with Crippen LogP contribution < -0.4 is 5.69 Å². The molecule has 2 aromatic rings. The van der Waals surface area contributed by atoms with Crippen molar-refractivity contribution in [2.75, 3.05) is 6.61 Å². The molecule has 0 amide bonds. The average molecular weight is 206 g/mol. The first-order valence-corrected chi connectivity index (χ1v) is 4.60. The summed E-state index contributed by atoms with van der Waals surface area (Å²) in [6, 6.07) is 5.16. The first-order valence-electron chi connectivity index (χ1n) is 4.60. The maximum absolute atomic E-state index is 11.5. The molecule has 1 N–H and O–H groups in total. The number of imidazole rings is 1. The molecule has 0 spiro atoms. The van der Waals surface area contributed by atoms with Crippen LogP contribution in [0.2, 0.25) is 0 Å². The minimum Gasteiger partial charge on any atom is -0.461 e. The molecule has 0 radical (unpaired) electrons. The molecule has 0 bridgehead atoms. The summed E-state index contributed by atoms with van der Waals surface area (Å²) in [5.74, 6) is -0.511. The molecule has 5 nitrogen and oxygen atoms in total. The van der Waals surface area contributed by atoms with Gasteiger partial charge in [0.15, 0.2) is 5.69 Å². The second-order valence-corrected chi connectivity index (χ2v) is 2.98. The van der Waals surface area contributed by atoms with Gasteiger partial charge in [0.1, 0.15) is 0 Å². The van der Waals surface area contributed by atoms with Crippen molar-refractivity contribution in [3.63, 3.8) is 0 Å². The van der Waals surface area contributed by atoms with Gasteiger partial charge in [-0.1, -0.05) is 6.07 Å². The molecule has 78 valence electrons. The van der Waals surface area contributed by atoms with E-state index in [1.54, 1.807) is 31.3 Å². The lowest BCUT2D eigenvalue weighted by Gasteiger charge is -1.98. The topological polar surface area (TPSA) is 63.6 Å². The van der Waals surface area contributed by atoms with E-state index >= 15 is 0 Å². The van der Waals surface area contributed by atoms with Gasteiger partial charge < -0.3 is 4.74 Å². The van der Waals surface area contributed by atoms with Gasteiger partial charge in [0.25, 0.3) is 0 Å². The summed E-state index contributed by atoms with van der Waals surface area (Å²) in [4.78, 5) is 25.3. The Morgan fingerprint density at radius 1 is 1.53 bits per heavy atom. The summed E-state index contributed by atoms with van der Waals surface area (Å²) in [7, 11) is 0. The van der Waals surface area contributed by atoms with Crippen molar-refractivity contribution in [1.29, 1.82) is 0 Å². The molecule has 0 aliphatic heterocycles. The van der Waals surface area contributed by atoms with E-state index in [0.717, 1.165) is 0 Å². The van der Waals surface area contributed by atoms with Crippen LogP contribution in [0.4, 0.5) is 0 Å². The van der Waals surface area contributed by atoms with Crippen LogP contribution in [0.3, 0.4) is 0 Å². The van der Waals surface area contributed by atoms with E-state index < -0.39 is 5.97 Å². The fourth-order valence-electron chi connectivity index (χ4n) is 1.41. The predicted octanol–water partition coefficient (Wildman–Crippen LogP) is 0.804. The maximum Gasteiger partial charge on any atom is 0.357 e. The zero-order valence-corrected chi connectivity index (χ0v) is 8.19. The number of nitrogens with zero attached hydrogens (tertiary/aromatic N) is 1. The number of ether oxygens (including phenoxy) is 1. The standard InChI is InChI=1S/C10H10N2O3/c1-2-15-9(13)8-7-5-3-4-6-12(7)10(14)11-8/h3-6H,2H2,1H3,(H,11,14). The van der Waals surface area contributed by atoms with E-state index in [0.29, 0.717) is 5.52 Å². The number of fused-ring (bicyclic) bond motifs is 1. The van der Waals surface area contributed by atoms with Gasteiger partial charge in [-0.2, -0.15) is 0 Å². The van der Waals surface area contributed by atoms with Gasteiger partial charge in [0.2, 0.25) is 0 Å². The van der Waals surface area contributed by atoms with E-state index in [9.17, 15) is 9.59 Å². The van der Waals surface area contributed by atoms with Crippen LogP contribution >= 0.6 is 0 Å². The van der Waals surface area contributed by atoms with E-state index in [1.807, 2.05) is 0 Å². The maximum atomic E-state index is 11.5. The number of H-pyrrole nitrogens is 1. The Bertz CT molecular complexity index is 553. The van der Waals surface area contributed by atoms with Crippen molar-refractivity contribution in [3.05, 3.63) is 40.6 Å². The molecule has 0 aliphatic carbocycles. The average Bonchev–Trinajstić information content (AvgIpc) is 2.58. The SMILES string of the molecule is CCOC(=O)c1[nH]c(=O)n2ccccc12. The van der Waals surface area contributed by atoms with Gasteiger partial charge in [-0.05, 0) is 19.1 Å². The fourth-order valence-corrected chi connectivity index (χ4v) is 1.41. The lowest BCUT2D eigenvalue weighted by atomic mass is 10.3. The monoisotopic (exact) mass is 206 g/mol. The Hall–Kier alpha value is -2.04. The summed E-state index contributed by atoms with van der Waals surface area (Å²) in [5.41, 5.74) is 0.386. The van der Waals surface area contributed by atoms with Gasteiger partial charge in [-0.15, -0.1) is 0 Å². The summed E-state index contributed by atoms with van der Waals surface area (Å²) in [6.45, 7) is 2.00. The fraction of sp³-hybridized carbons (Fsp3) is 0.200. The third kappa shape index (κ3) is 1.52. The largest absolute Gasteiger partial charge is 0.461 e. The molecule has 2 heterocycles. The number of rotatable bonds is 2. The predicted molar refractivity (Wildman–Crippen MR) is 54.0 cm³/mol. The second-order valence-electron chi connectivity index (χ2n) is 2.98. The molecule has 0 saturated heterocycles. The molecule has 15 heavy (non-hydrogen) atoms. The number of hydrogen-bond acceptors (Lipinski definition) is 3. The lowest BCUT2D eigenvalue weighted by molar-refractivity contribution is 0.0522. The zero-order chi connectivity index (χ0) is 10.8. The summed E-state index contributed by atoms with van der Waals surface area (Å²) in [5, 5.41) is 0. The van der Waals surface area contributed by atoms with Gasteiger partial charge in [0.05, 0.1) is 12.1 Å². The zero-order valence-electron chi connectivity index (χ0n) is 8.19. The minimum atomic E-state index is -0.511. The van der Waals surface area contributed by atoms with Crippen LogP contribution in [0, 0.1) is 0 Å². The van der Waals surface area contributed by atoms with E-state index in [-0.39, 0.29) is 18.0 Å². The third-order valence-electron chi connectivity index (χ3n) is 2.05. The first-order chi connectivity index (χ1) is 7.24. The van der Waals surface area contributed by atoms with Crippen molar-refractivity contribution in [2.45, 2.75) is 6.92 Å².